The van der Waals surface area contributed by atoms with Crippen LogP contribution in [0.1, 0.15) is 44.1 Å². The van der Waals surface area contributed by atoms with Crippen LogP contribution >= 0.6 is 0 Å². The summed E-state index contributed by atoms with van der Waals surface area (Å²) in [6.07, 6.45) is 8.31. The first kappa shape index (κ1) is 25.1. The van der Waals surface area contributed by atoms with Gasteiger partial charge in [0.2, 0.25) is 11.8 Å². The monoisotopic (exact) mass is 470 g/mol. The molecule has 188 valence electrons. The van der Waals surface area contributed by atoms with Gasteiger partial charge < -0.3 is 19.9 Å². The zero-order valence-corrected chi connectivity index (χ0v) is 20.8. The van der Waals surface area contributed by atoms with Crippen LogP contribution in [0.4, 0.5) is 0 Å². The van der Waals surface area contributed by atoms with E-state index in [4.69, 9.17) is 4.74 Å². The minimum Gasteiger partial charge on any atom is -0.375 e. The summed E-state index contributed by atoms with van der Waals surface area (Å²) in [5, 5.41) is 3.32. The van der Waals surface area contributed by atoms with Crippen molar-refractivity contribution in [2.24, 2.45) is 5.92 Å². The van der Waals surface area contributed by atoms with Crippen LogP contribution in [0.3, 0.4) is 0 Å². The predicted molar refractivity (Wildman–Crippen MR) is 134 cm³/mol. The van der Waals surface area contributed by atoms with Gasteiger partial charge in [-0.25, -0.2) is 0 Å². The third-order valence-electron chi connectivity index (χ3n) is 7.85. The minimum absolute atomic E-state index is 0.0324. The molecule has 1 N–H and O–H groups in total. The third kappa shape index (κ3) is 6.58. The number of benzene rings is 1. The summed E-state index contributed by atoms with van der Waals surface area (Å²) in [7, 11) is 1.55. The number of methoxy groups -OCH3 is 1. The first-order valence-electron chi connectivity index (χ1n) is 13.2. The molecule has 2 amide bonds. The molecule has 3 fully saturated rings. The topological polar surface area (TPSA) is 65.1 Å². The number of nitrogens with zero attached hydrogens (tertiary/aromatic N) is 3. The summed E-state index contributed by atoms with van der Waals surface area (Å²) < 4.78 is 5.17. The van der Waals surface area contributed by atoms with Crippen LogP contribution in [0.2, 0.25) is 0 Å². The Kier molecular flexibility index (Phi) is 9.36. The number of amides is 2. The molecule has 4 rings (SSSR count). The SMILES string of the molecule is COCC(=O)N1CC(N(CCc2ccccc2)CC2CCCCC2)CC1C(=O)N1CCNCC1. The van der Waals surface area contributed by atoms with Gasteiger partial charge in [-0.1, -0.05) is 49.6 Å². The molecule has 3 aliphatic rings. The molecule has 0 radical (unpaired) electrons. The second kappa shape index (κ2) is 12.7. The van der Waals surface area contributed by atoms with Crippen molar-refractivity contribution in [2.75, 3.05) is 59.5 Å². The number of hydrogen-bond donors (Lipinski definition) is 1. The molecule has 2 aliphatic heterocycles. The zero-order valence-electron chi connectivity index (χ0n) is 20.8. The van der Waals surface area contributed by atoms with Gasteiger partial charge in [0.05, 0.1) is 0 Å². The molecule has 0 aromatic heterocycles. The van der Waals surface area contributed by atoms with Crippen molar-refractivity contribution in [3.05, 3.63) is 35.9 Å². The van der Waals surface area contributed by atoms with E-state index in [1.807, 2.05) is 9.80 Å². The fourth-order valence-corrected chi connectivity index (χ4v) is 5.93. The lowest BCUT2D eigenvalue weighted by atomic mass is 9.88. The molecule has 34 heavy (non-hydrogen) atoms. The molecule has 0 spiro atoms. The van der Waals surface area contributed by atoms with Crippen LogP contribution < -0.4 is 5.32 Å². The maximum atomic E-state index is 13.5. The summed E-state index contributed by atoms with van der Waals surface area (Å²) in [6, 6.07) is 10.5. The van der Waals surface area contributed by atoms with Crippen LogP contribution in [-0.2, 0) is 20.7 Å². The molecule has 2 atom stereocenters. The molecule has 2 unspecified atom stereocenters. The maximum absolute atomic E-state index is 13.5. The van der Waals surface area contributed by atoms with Gasteiger partial charge in [-0.3, -0.25) is 14.5 Å². The number of hydrogen-bond acceptors (Lipinski definition) is 5. The lowest BCUT2D eigenvalue weighted by Crippen LogP contribution is -2.53. The standard InChI is InChI=1S/C27H42N4O3/c1-34-21-26(32)31-20-24(18-25(31)27(33)29-16-13-28-14-17-29)30(19-23-10-6-3-7-11-23)15-12-22-8-4-2-5-9-22/h2,4-5,8-9,23-25,28H,3,6-7,10-21H2,1H3. The molecule has 7 nitrogen and oxygen atoms in total. The van der Waals surface area contributed by atoms with Gasteiger partial charge in [0.15, 0.2) is 0 Å². The van der Waals surface area contributed by atoms with E-state index in [2.05, 4.69) is 40.5 Å². The molecule has 1 aromatic rings. The molecule has 2 heterocycles. The van der Waals surface area contributed by atoms with Gasteiger partial charge in [-0.15, -0.1) is 0 Å². The van der Waals surface area contributed by atoms with Crippen LogP contribution in [0.15, 0.2) is 30.3 Å². The van der Waals surface area contributed by atoms with E-state index >= 15 is 0 Å². The van der Waals surface area contributed by atoms with Crippen LogP contribution in [0.25, 0.3) is 0 Å². The largest absolute Gasteiger partial charge is 0.375 e. The Morgan fingerprint density at radius 3 is 2.53 bits per heavy atom. The molecule has 1 aromatic carbocycles. The van der Waals surface area contributed by atoms with E-state index in [0.717, 1.165) is 44.9 Å². The van der Waals surface area contributed by atoms with E-state index in [1.54, 1.807) is 7.11 Å². The molecular formula is C27H42N4O3. The fourth-order valence-electron chi connectivity index (χ4n) is 5.93. The van der Waals surface area contributed by atoms with E-state index in [-0.39, 0.29) is 30.5 Å². The number of likely N-dealkylation sites (tertiary alicyclic amines) is 1. The van der Waals surface area contributed by atoms with Crippen molar-refractivity contribution in [2.45, 2.75) is 57.0 Å². The van der Waals surface area contributed by atoms with Gasteiger partial charge in [-0.2, -0.15) is 0 Å². The highest BCUT2D eigenvalue weighted by atomic mass is 16.5. The maximum Gasteiger partial charge on any atom is 0.249 e. The average molecular weight is 471 g/mol. The Hall–Kier alpha value is -1.96. The Morgan fingerprint density at radius 1 is 1.09 bits per heavy atom. The first-order valence-corrected chi connectivity index (χ1v) is 13.2. The first-order chi connectivity index (χ1) is 16.7. The van der Waals surface area contributed by atoms with E-state index in [1.165, 1.54) is 37.7 Å². The molecule has 2 saturated heterocycles. The highest BCUT2D eigenvalue weighted by Crippen LogP contribution is 2.29. The van der Waals surface area contributed by atoms with Crippen molar-refractivity contribution in [3.8, 4) is 0 Å². The number of carbonyl (C=O) groups is 2. The van der Waals surface area contributed by atoms with Gasteiger partial charge in [0.1, 0.15) is 12.6 Å². The van der Waals surface area contributed by atoms with Crippen molar-refractivity contribution < 1.29 is 14.3 Å². The van der Waals surface area contributed by atoms with E-state index in [0.29, 0.717) is 19.6 Å². The summed E-state index contributed by atoms with van der Waals surface area (Å²) in [4.78, 5) is 32.8. The Labute approximate surface area is 204 Å². The van der Waals surface area contributed by atoms with Crippen molar-refractivity contribution >= 4 is 11.8 Å². The van der Waals surface area contributed by atoms with Gasteiger partial charge in [-0.05, 0) is 37.2 Å². The summed E-state index contributed by atoms with van der Waals surface area (Å²) >= 11 is 0. The van der Waals surface area contributed by atoms with Gasteiger partial charge in [0.25, 0.3) is 0 Å². The second-order valence-corrected chi connectivity index (χ2v) is 10.2. The van der Waals surface area contributed by atoms with Gasteiger partial charge >= 0.3 is 0 Å². The highest BCUT2D eigenvalue weighted by Gasteiger charge is 2.43. The molecular weight excluding hydrogens is 428 g/mol. The van der Waals surface area contributed by atoms with Crippen molar-refractivity contribution in [1.82, 2.24) is 20.0 Å². The molecule has 7 heteroatoms. The Bertz CT molecular complexity index is 777. The van der Waals surface area contributed by atoms with Crippen LogP contribution in [0, 0.1) is 5.92 Å². The van der Waals surface area contributed by atoms with Crippen LogP contribution in [0.5, 0.6) is 0 Å². The quantitative estimate of drug-likeness (QED) is 0.599. The summed E-state index contributed by atoms with van der Waals surface area (Å²) in [5.41, 5.74) is 1.34. The lowest BCUT2D eigenvalue weighted by molar-refractivity contribution is -0.146. The minimum atomic E-state index is -0.378. The Balaban J connectivity index is 1.49. The third-order valence-corrected chi connectivity index (χ3v) is 7.85. The predicted octanol–water partition coefficient (Wildman–Crippen LogP) is 2.16. The highest BCUT2D eigenvalue weighted by molar-refractivity contribution is 5.89. The number of piperazine rings is 1. The van der Waals surface area contributed by atoms with Crippen molar-refractivity contribution in [1.29, 1.82) is 0 Å². The second-order valence-electron chi connectivity index (χ2n) is 10.2. The zero-order chi connectivity index (χ0) is 23.8. The number of nitrogens with one attached hydrogen (secondary N) is 1. The smallest absolute Gasteiger partial charge is 0.249 e. The molecule has 1 aliphatic carbocycles. The van der Waals surface area contributed by atoms with E-state index in [9.17, 15) is 9.59 Å². The van der Waals surface area contributed by atoms with Crippen molar-refractivity contribution in [3.63, 3.8) is 0 Å². The number of rotatable bonds is 9. The van der Waals surface area contributed by atoms with Crippen LogP contribution in [-0.4, -0.2) is 98.1 Å². The number of ether oxygens (including phenoxy) is 1. The average Bonchev–Trinajstić information content (AvgIpc) is 3.33. The Morgan fingerprint density at radius 2 is 1.82 bits per heavy atom. The molecule has 1 saturated carbocycles. The summed E-state index contributed by atoms with van der Waals surface area (Å²) in [6.45, 7) is 5.75. The van der Waals surface area contributed by atoms with E-state index < -0.39 is 0 Å². The molecule has 0 bridgehead atoms. The lowest BCUT2D eigenvalue weighted by Gasteiger charge is -2.34. The summed E-state index contributed by atoms with van der Waals surface area (Å²) in [5.74, 6) is 0.754. The number of carbonyl (C=O) groups excluding carboxylic acids is 2. The fraction of sp³-hybridized carbons (Fsp3) is 0.704. The normalized spacial score (nSPS) is 24.1. The van der Waals surface area contributed by atoms with Gasteiger partial charge in [0, 0.05) is 59.0 Å².